The van der Waals surface area contributed by atoms with E-state index in [1.54, 1.807) is 12.3 Å². The van der Waals surface area contributed by atoms with Crippen molar-refractivity contribution in [1.82, 2.24) is 4.98 Å². The van der Waals surface area contributed by atoms with Crippen LogP contribution in [-0.4, -0.2) is 4.98 Å². The van der Waals surface area contributed by atoms with E-state index in [0.717, 1.165) is 16.9 Å². The van der Waals surface area contributed by atoms with Crippen molar-refractivity contribution < 1.29 is 4.74 Å². The lowest BCUT2D eigenvalue weighted by molar-refractivity contribution is 0.304. The molecule has 1 aromatic heterocycles. The Morgan fingerprint density at radius 3 is 2.94 bits per heavy atom. The Balaban J connectivity index is 2.11. The van der Waals surface area contributed by atoms with Gasteiger partial charge in [-0.2, -0.15) is 0 Å². The first-order chi connectivity index (χ1) is 8.70. The molecule has 0 unspecified atom stereocenters. The summed E-state index contributed by atoms with van der Waals surface area (Å²) < 4.78 is 5.73. The minimum absolute atomic E-state index is 0.399. The van der Waals surface area contributed by atoms with E-state index in [2.05, 4.69) is 10.4 Å². The molecule has 0 aliphatic rings. The quantitative estimate of drug-likeness (QED) is 0.658. The van der Waals surface area contributed by atoms with E-state index in [9.17, 15) is 0 Å². The topological polar surface area (TPSA) is 60.2 Å². The van der Waals surface area contributed by atoms with Crippen LogP contribution in [0.5, 0.6) is 5.75 Å². The Kier molecular flexibility index (Phi) is 4.02. The Morgan fingerprint density at radius 2 is 2.22 bits per heavy atom. The van der Waals surface area contributed by atoms with Crippen LogP contribution in [0, 0.1) is 6.92 Å². The van der Waals surface area contributed by atoms with E-state index in [-0.39, 0.29) is 0 Å². The molecule has 5 heteroatoms. The fourth-order valence-corrected chi connectivity index (χ4v) is 1.84. The number of aryl methyl sites for hydroxylation is 1. The van der Waals surface area contributed by atoms with Gasteiger partial charge in [0.2, 0.25) is 0 Å². The van der Waals surface area contributed by atoms with Gasteiger partial charge in [0.1, 0.15) is 18.2 Å². The molecule has 0 saturated carbocycles. The van der Waals surface area contributed by atoms with Crippen molar-refractivity contribution in [1.29, 1.82) is 0 Å². The molecule has 2 aromatic rings. The van der Waals surface area contributed by atoms with Crippen LogP contribution in [0.2, 0.25) is 5.02 Å². The molecule has 0 spiro atoms. The number of aromatic nitrogens is 1. The highest BCUT2D eigenvalue weighted by molar-refractivity contribution is 6.30. The monoisotopic (exact) mass is 263 g/mol. The molecule has 1 aromatic carbocycles. The Hall–Kier alpha value is -1.78. The number of nitrogens with two attached hydrogens (primary N) is 1. The highest BCUT2D eigenvalue weighted by atomic mass is 35.5. The lowest BCUT2D eigenvalue weighted by Crippen LogP contribution is -2.12. The summed E-state index contributed by atoms with van der Waals surface area (Å²) in [5.41, 5.74) is 4.44. The first-order valence-electron chi connectivity index (χ1n) is 5.50. The third-order valence-corrected chi connectivity index (χ3v) is 2.78. The SMILES string of the molecule is Cc1cc(Cl)ccc1OCc1cccnc1NN. The highest BCUT2D eigenvalue weighted by Gasteiger charge is 2.04. The molecule has 0 aliphatic carbocycles. The van der Waals surface area contributed by atoms with Crippen molar-refractivity contribution in [2.75, 3.05) is 5.43 Å². The summed E-state index contributed by atoms with van der Waals surface area (Å²) in [5.74, 6) is 6.80. The summed E-state index contributed by atoms with van der Waals surface area (Å²) in [5, 5.41) is 0.700. The molecule has 0 fully saturated rings. The molecule has 2 rings (SSSR count). The maximum Gasteiger partial charge on any atom is 0.146 e. The lowest BCUT2D eigenvalue weighted by atomic mass is 10.2. The number of halogens is 1. The molecule has 94 valence electrons. The van der Waals surface area contributed by atoms with Gasteiger partial charge in [0, 0.05) is 16.8 Å². The van der Waals surface area contributed by atoms with E-state index >= 15 is 0 Å². The summed E-state index contributed by atoms with van der Waals surface area (Å²) in [7, 11) is 0. The predicted molar refractivity (Wildman–Crippen MR) is 72.6 cm³/mol. The van der Waals surface area contributed by atoms with E-state index in [1.165, 1.54) is 0 Å². The van der Waals surface area contributed by atoms with Crippen LogP contribution in [0.1, 0.15) is 11.1 Å². The third kappa shape index (κ3) is 2.91. The fraction of sp³-hybridized carbons (Fsp3) is 0.154. The standard InChI is InChI=1S/C13H14ClN3O/c1-9-7-11(14)4-5-12(9)18-8-10-3-2-6-16-13(10)17-15/h2-7H,8,15H2,1H3,(H,16,17). The molecule has 1 heterocycles. The predicted octanol–water partition coefficient (Wildman–Crippen LogP) is 2.91. The Labute approximate surface area is 111 Å². The second-order valence-corrected chi connectivity index (χ2v) is 4.29. The Bertz CT molecular complexity index is 546. The summed E-state index contributed by atoms with van der Waals surface area (Å²) in [6, 6.07) is 9.27. The smallest absolute Gasteiger partial charge is 0.146 e. The van der Waals surface area contributed by atoms with E-state index < -0.39 is 0 Å². The molecule has 0 atom stereocenters. The fourth-order valence-electron chi connectivity index (χ4n) is 1.62. The first kappa shape index (κ1) is 12.7. The van der Waals surface area contributed by atoms with E-state index in [0.29, 0.717) is 17.4 Å². The maximum atomic E-state index is 5.89. The number of benzene rings is 1. The maximum absolute atomic E-state index is 5.89. The Morgan fingerprint density at radius 1 is 1.39 bits per heavy atom. The van der Waals surface area contributed by atoms with Gasteiger partial charge in [0.05, 0.1) is 0 Å². The number of nitrogens with one attached hydrogen (secondary N) is 1. The number of anilines is 1. The molecule has 4 nitrogen and oxygen atoms in total. The van der Waals surface area contributed by atoms with Crippen LogP contribution in [-0.2, 0) is 6.61 Å². The van der Waals surface area contributed by atoms with Gasteiger partial charge < -0.3 is 10.2 Å². The molecular weight excluding hydrogens is 250 g/mol. The molecule has 0 aliphatic heterocycles. The van der Waals surface area contributed by atoms with E-state index in [4.69, 9.17) is 22.2 Å². The average Bonchev–Trinajstić information content (AvgIpc) is 2.38. The summed E-state index contributed by atoms with van der Waals surface area (Å²) >= 11 is 5.89. The number of nitrogen functional groups attached to an aromatic ring is 1. The number of pyridine rings is 1. The number of hydrogen-bond acceptors (Lipinski definition) is 4. The van der Waals surface area contributed by atoms with Crippen LogP contribution in [0.4, 0.5) is 5.82 Å². The molecule has 0 amide bonds. The van der Waals surface area contributed by atoms with Gasteiger partial charge in [-0.3, -0.25) is 0 Å². The van der Waals surface area contributed by atoms with Crippen LogP contribution in [0.15, 0.2) is 36.5 Å². The number of ether oxygens (including phenoxy) is 1. The minimum atomic E-state index is 0.399. The van der Waals surface area contributed by atoms with Gasteiger partial charge in [-0.1, -0.05) is 17.7 Å². The zero-order chi connectivity index (χ0) is 13.0. The lowest BCUT2D eigenvalue weighted by Gasteiger charge is -2.11. The number of rotatable bonds is 4. The normalized spacial score (nSPS) is 10.2. The van der Waals surface area contributed by atoms with Crippen molar-refractivity contribution >= 4 is 17.4 Å². The van der Waals surface area contributed by atoms with Gasteiger partial charge in [-0.15, -0.1) is 0 Å². The number of hydrazine groups is 1. The van der Waals surface area contributed by atoms with Crippen LogP contribution in [0.25, 0.3) is 0 Å². The summed E-state index contributed by atoms with van der Waals surface area (Å²) in [6.45, 7) is 2.35. The molecule has 0 bridgehead atoms. The molecular formula is C13H14ClN3O. The average molecular weight is 264 g/mol. The molecule has 0 saturated heterocycles. The van der Waals surface area contributed by atoms with Crippen molar-refractivity contribution in [3.63, 3.8) is 0 Å². The van der Waals surface area contributed by atoms with Gasteiger partial charge in [-0.05, 0) is 36.8 Å². The van der Waals surface area contributed by atoms with Gasteiger partial charge in [-0.25, -0.2) is 10.8 Å². The molecule has 18 heavy (non-hydrogen) atoms. The summed E-state index contributed by atoms with van der Waals surface area (Å²) in [4.78, 5) is 4.11. The first-order valence-corrected chi connectivity index (χ1v) is 5.88. The zero-order valence-corrected chi connectivity index (χ0v) is 10.7. The number of hydrogen-bond donors (Lipinski definition) is 2. The van der Waals surface area contributed by atoms with Crippen molar-refractivity contribution in [2.45, 2.75) is 13.5 Å². The van der Waals surface area contributed by atoms with Gasteiger partial charge >= 0.3 is 0 Å². The van der Waals surface area contributed by atoms with E-state index in [1.807, 2.05) is 31.2 Å². The largest absolute Gasteiger partial charge is 0.488 e. The second-order valence-electron chi connectivity index (χ2n) is 3.85. The third-order valence-electron chi connectivity index (χ3n) is 2.55. The van der Waals surface area contributed by atoms with Crippen molar-refractivity contribution in [2.24, 2.45) is 5.84 Å². The van der Waals surface area contributed by atoms with Crippen LogP contribution in [0.3, 0.4) is 0 Å². The van der Waals surface area contributed by atoms with Crippen molar-refractivity contribution in [3.8, 4) is 5.75 Å². The number of nitrogens with zero attached hydrogens (tertiary/aromatic N) is 1. The molecule has 3 N–H and O–H groups in total. The van der Waals surface area contributed by atoms with Gasteiger partial charge in [0.15, 0.2) is 0 Å². The molecule has 0 radical (unpaired) electrons. The van der Waals surface area contributed by atoms with Crippen LogP contribution >= 0.6 is 11.6 Å². The van der Waals surface area contributed by atoms with Crippen LogP contribution < -0.4 is 16.0 Å². The van der Waals surface area contributed by atoms with Gasteiger partial charge in [0.25, 0.3) is 0 Å². The second kappa shape index (κ2) is 5.71. The van der Waals surface area contributed by atoms with Crippen molar-refractivity contribution in [3.05, 3.63) is 52.7 Å². The minimum Gasteiger partial charge on any atom is -0.488 e. The zero-order valence-electron chi connectivity index (χ0n) is 9.98. The highest BCUT2D eigenvalue weighted by Crippen LogP contribution is 2.23. The summed E-state index contributed by atoms with van der Waals surface area (Å²) in [6.07, 6.45) is 1.67.